The van der Waals surface area contributed by atoms with Gasteiger partial charge in [0.2, 0.25) is 0 Å². The first-order valence-corrected chi connectivity index (χ1v) is 12.1. The molecule has 0 bridgehead atoms. The second-order valence-corrected chi connectivity index (χ2v) is 8.23. The van der Waals surface area contributed by atoms with Gasteiger partial charge in [-0.1, -0.05) is 116 Å². The van der Waals surface area contributed by atoms with Crippen LogP contribution in [0.2, 0.25) is 0 Å². The van der Waals surface area contributed by atoms with Gasteiger partial charge in [-0.15, -0.1) is 0 Å². The predicted molar refractivity (Wildman–Crippen MR) is 119 cm³/mol. The standard InChI is InChI=1S/C25H50O/c1-3-5-7-9-10-11-12-13-14-15-16-17-18-20-22-24-25(26)23-21-19-8-6-4-2/h13-14,25-26H,3-12,15-24H2,1-2H3. The first-order chi connectivity index (χ1) is 12.8. The molecule has 0 fully saturated rings. The summed E-state index contributed by atoms with van der Waals surface area (Å²) in [6.45, 7) is 4.53. The maximum atomic E-state index is 10.0. The lowest BCUT2D eigenvalue weighted by Gasteiger charge is -2.10. The van der Waals surface area contributed by atoms with Crippen LogP contribution in [0.15, 0.2) is 12.2 Å². The third kappa shape index (κ3) is 21.7. The molecule has 0 heterocycles. The molecule has 0 rings (SSSR count). The Hall–Kier alpha value is -0.300. The van der Waals surface area contributed by atoms with Crippen molar-refractivity contribution in [3.05, 3.63) is 12.2 Å². The van der Waals surface area contributed by atoms with Crippen molar-refractivity contribution in [3.63, 3.8) is 0 Å². The van der Waals surface area contributed by atoms with Crippen molar-refractivity contribution in [3.8, 4) is 0 Å². The summed E-state index contributed by atoms with van der Waals surface area (Å²) in [5, 5.41) is 10.0. The molecule has 1 unspecified atom stereocenters. The van der Waals surface area contributed by atoms with Gasteiger partial charge in [0.1, 0.15) is 0 Å². The summed E-state index contributed by atoms with van der Waals surface area (Å²) >= 11 is 0. The Balaban J connectivity index is 3.17. The van der Waals surface area contributed by atoms with Gasteiger partial charge in [-0.2, -0.15) is 0 Å². The number of aliphatic hydroxyl groups excluding tert-OH is 1. The van der Waals surface area contributed by atoms with Crippen LogP contribution >= 0.6 is 0 Å². The van der Waals surface area contributed by atoms with Crippen molar-refractivity contribution in [2.24, 2.45) is 0 Å². The van der Waals surface area contributed by atoms with E-state index >= 15 is 0 Å². The first kappa shape index (κ1) is 25.7. The topological polar surface area (TPSA) is 20.2 Å². The minimum atomic E-state index is -0.0402. The van der Waals surface area contributed by atoms with Crippen molar-refractivity contribution in [1.82, 2.24) is 0 Å². The Kier molecular flexibility index (Phi) is 22.5. The highest BCUT2D eigenvalue weighted by Gasteiger charge is 2.03. The number of aliphatic hydroxyl groups is 1. The second-order valence-electron chi connectivity index (χ2n) is 8.23. The molecule has 0 aromatic heterocycles. The summed E-state index contributed by atoms with van der Waals surface area (Å²) in [6, 6.07) is 0. The van der Waals surface area contributed by atoms with Crippen molar-refractivity contribution >= 4 is 0 Å². The lowest BCUT2D eigenvalue weighted by atomic mass is 10.0. The highest BCUT2D eigenvalue weighted by Crippen LogP contribution is 2.14. The number of rotatable bonds is 21. The molecule has 0 aromatic carbocycles. The van der Waals surface area contributed by atoms with Gasteiger partial charge in [-0.3, -0.25) is 0 Å². The average Bonchev–Trinajstić information content (AvgIpc) is 2.64. The number of allylic oxidation sites excluding steroid dienone is 2. The molecule has 0 saturated carbocycles. The highest BCUT2D eigenvalue weighted by atomic mass is 16.3. The van der Waals surface area contributed by atoms with Crippen LogP contribution in [0.5, 0.6) is 0 Å². The summed E-state index contributed by atoms with van der Waals surface area (Å²) in [6.07, 6.45) is 30.8. The third-order valence-electron chi connectivity index (χ3n) is 5.44. The zero-order valence-corrected chi connectivity index (χ0v) is 18.3. The Morgan fingerprint density at radius 1 is 0.500 bits per heavy atom. The van der Waals surface area contributed by atoms with Crippen LogP contribution in [0.25, 0.3) is 0 Å². The second kappa shape index (κ2) is 22.7. The fourth-order valence-electron chi connectivity index (χ4n) is 3.58. The zero-order chi connectivity index (χ0) is 19.1. The van der Waals surface area contributed by atoms with Gasteiger partial charge in [0, 0.05) is 0 Å². The fraction of sp³-hybridized carbons (Fsp3) is 0.920. The van der Waals surface area contributed by atoms with Crippen molar-refractivity contribution in [1.29, 1.82) is 0 Å². The van der Waals surface area contributed by atoms with Crippen LogP contribution < -0.4 is 0 Å². The van der Waals surface area contributed by atoms with E-state index in [1.807, 2.05) is 0 Å². The van der Waals surface area contributed by atoms with E-state index in [1.54, 1.807) is 0 Å². The van der Waals surface area contributed by atoms with Gasteiger partial charge in [0.25, 0.3) is 0 Å². The molecule has 156 valence electrons. The van der Waals surface area contributed by atoms with Gasteiger partial charge in [0.05, 0.1) is 6.10 Å². The lowest BCUT2D eigenvalue weighted by molar-refractivity contribution is 0.147. The molecule has 26 heavy (non-hydrogen) atoms. The molecule has 0 saturated heterocycles. The normalized spacial score (nSPS) is 12.9. The van der Waals surface area contributed by atoms with Gasteiger partial charge < -0.3 is 5.11 Å². The zero-order valence-electron chi connectivity index (χ0n) is 18.3. The van der Waals surface area contributed by atoms with Crippen LogP contribution in [0.1, 0.15) is 142 Å². The van der Waals surface area contributed by atoms with Crippen LogP contribution in [-0.4, -0.2) is 11.2 Å². The van der Waals surface area contributed by atoms with E-state index in [9.17, 15) is 5.11 Å². The number of hydrogen-bond donors (Lipinski definition) is 1. The maximum absolute atomic E-state index is 10.0. The molecule has 1 atom stereocenters. The fourth-order valence-corrected chi connectivity index (χ4v) is 3.58. The summed E-state index contributed by atoms with van der Waals surface area (Å²) < 4.78 is 0. The summed E-state index contributed by atoms with van der Waals surface area (Å²) in [4.78, 5) is 0. The Bertz CT molecular complexity index is 271. The molecular formula is C25H50O. The molecule has 0 aliphatic carbocycles. The van der Waals surface area contributed by atoms with Gasteiger partial charge in [-0.25, -0.2) is 0 Å². The molecule has 0 aromatic rings. The quantitative estimate of drug-likeness (QED) is 0.159. The summed E-state index contributed by atoms with van der Waals surface area (Å²) in [7, 11) is 0. The van der Waals surface area contributed by atoms with Crippen molar-refractivity contribution in [2.75, 3.05) is 0 Å². The van der Waals surface area contributed by atoms with Crippen LogP contribution in [0.3, 0.4) is 0 Å². The van der Waals surface area contributed by atoms with E-state index in [2.05, 4.69) is 26.0 Å². The molecular weight excluding hydrogens is 316 g/mol. The van der Waals surface area contributed by atoms with E-state index in [-0.39, 0.29) is 6.10 Å². The minimum Gasteiger partial charge on any atom is -0.393 e. The number of unbranched alkanes of at least 4 members (excludes halogenated alkanes) is 15. The molecule has 1 N–H and O–H groups in total. The average molecular weight is 367 g/mol. The van der Waals surface area contributed by atoms with Gasteiger partial charge in [-0.05, 0) is 38.5 Å². The lowest BCUT2D eigenvalue weighted by Crippen LogP contribution is -2.05. The van der Waals surface area contributed by atoms with Gasteiger partial charge in [0.15, 0.2) is 0 Å². The smallest absolute Gasteiger partial charge is 0.0540 e. The molecule has 0 aliphatic heterocycles. The summed E-state index contributed by atoms with van der Waals surface area (Å²) in [5.41, 5.74) is 0. The minimum absolute atomic E-state index is 0.0402. The highest BCUT2D eigenvalue weighted by molar-refractivity contribution is 4.81. The molecule has 0 amide bonds. The molecule has 0 aliphatic rings. The number of hydrogen-bond acceptors (Lipinski definition) is 1. The van der Waals surface area contributed by atoms with Crippen molar-refractivity contribution < 1.29 is 5.11 Å². The monoisotopic (exact) mass is 366 g/mol. The Labute approximate surface area is 166 Å². The molecule has 1 heteroatoms. The van der Waals surface area contributed by atoms with E-state index in [0.29, 0.717) is 0 Å². The third-order valence-corrected chi connectivity index (χ3v) is 5.44. The Morgan fingerprint density at radius 3 is 1.27 bits per heavy atom. The van der Waals surface area contributed by atoms with Crippen molar-refractivity contribution in [2.45, 2.75) is 148 Å². The molecule has 0 spiro atoms. The summed E-state index contributed by atoms with van der Waals surface area (Å²) in [5.74, 6) is 0. The predicted octanol–water partition coefficient (Wildman–Crippen LogP) is 8.75. The Morgan fingerprint density at radius 2 is 0.846 bits per heavy atom. The van der Waals surface area contributed by atoms with Crippen LogP contribution in [0, 0.1) is 0 Å². The maximum Gasteiger partial charge on any atom is 0.0540 e. The van der Waals surface area contributed by atoms with E-state index in [0.717, 1.165) is 12.8 Å². The van der Waals surface area contributed by atoms with E-state index < -0.39 is 0 Å². The molecule has 1 nitrogen and oxygen atoms in total. The van der Waals surface area contributed by atoms with Gasteiger partial charge >= 0.3 is 0 Å². The first-order valence-electron chi connectivity index (χ1n) is 12.1. The van der Waals surface area contributed by atoms with E-state index in [1.165, 1.54) is 116 Å². The largest absolute Gasteiger partial charge is 0.393 e. The SMILES string of the molecule is CCCCCCCCC=CCCCCCCCC(O)CCCCCCC. The van der Waals surface area contributed by atoms with Crippen LogP contribution in [0.4, 0.5) is 0 Å². The van der Waals surface area contributed by atoms with E-state index in [4.69, 9.17) is 0 Å². The molecule has 0 radical (unpaired) electrons. The van der Waals surface area contributed by atoms with Crippen LogP contribution in [-0.2, 0) is 0 Å².